The van der Waals surface area contributed by atoms with Gasteiger partial charge in [0.05, 0.1) is 18.8 Å². The second kappa shape index (κ2) is 8.47. The normalized spacial score (nSPS) is 24.9. The SMILES string of the molecule is CS(=O)(=O)NCC1OC(Cc2nc(-c3ccc(OC(F)(F)F)cc3)no2)C(O)C1O. The van der Waals surface area contributed by atoms with Crippen molar-refractivity contribution in [3.05, 3.63) is 30.2 Å². The first-order chi connectivity index (χ1) is 13.9. The molecule has 0 aliphatic carbocycles. The molecular formula is C16H18F3N3O7S. The third kappa shape index (κ3) is 5.89. The number of rotatable bonds is 7. The van der Waals surface area contributed by atoms with Gasteiger partial charge >= 0.3 is 6.36 Å². The summed E-state index contributed by atoms with van der Waals surface area (Å²) in [5, 5.41) is 23.9. The van der Waals surface area contributed by atoms with E-state index in [4.69, 9.17) is 9.26 Å². The Kier molecular flexibility index (Phi) is 6.33. The number of alkyl halides is 3. The van der Waals surface area contributed by atoms with E-state index in [-0.39, 0.29) is 24.7 Å². The smallest absolute Gasteiger partial charge is 0.406 e. The molecule has 1 aromatic heterocycles. The van der Waals surface area contributed by atoms with Crippen molar-refractivity contribution in [2.75, 3.05) is 12.8 Å². The summed E-state index contributed by atoms with van der Waals surface area (Å²) >= 11 is 0. The first-order valence-electron chi connectivity index (χ1n) is 8.56. The van der Waals surface area contributed by atoms with Gasteiger partial charge in [-0.15, -0.1) is 13.2 Å². The number of benzene rings is 1. The van der Waals surface area contributed by atoms with Crippen LogP contribution in [0.25, 0.3) is 11.4 Å². The van der Waals surface area contributed by atoms with Crippen LogP contribution >= 0.6 is 0 Å². The Bertz CT molecular complexity index is 965. The van der Waals surface area contributed by atoms with Gasteiger partial charge in [-0.05, 0) is 24.3 Å². The standard InChI is InChI=1S/C16H18F3N3O7S/c1-30(25,26)20-7-11-14(24)13(23)10(27-11)6-12-21-15(22-29-12)8-2-4-9(5-3-8)28-16(17,18)19/h2-5,10-11,13-14,20,23-24H,6-7H2,1H3. The van der Waals surface area contributed by atoms with Gasteiger partial charge in [0, 0.05) is 12.1 Å². The quantitative estimate of drug-likeness (QED) is 0.536. The zero-order chi connectivity index (χ0) is 22.1. The average molecular weight is 453 g/mol. The predicted octanol–water partition coefficient (Wildman–Crippen LogP) is 0.216. The van der Waals surface area contributed by atoms with E-state index in [1.807, 2.05) is 0 Å². The van der Waals surface area contributed by atoms with Crippen LogP contribution < -0.4 is 9.46 Å². The number of hydrogen-bond donors (Lipinski definition) is 3. The van der Waals surface area contributed by atoms with Crippen LogP contribution in [-0.4, -0.2) is 72.4 Å². The zero-order valence-electron chi connectivity index (χ0n) is 15.4. The number of hydrogen-bond acceptors (Lipinski definition) is 9. The maximum absolute atomic E-state index is 12.2. The van der Waals surface area contributed by atoms with Crippen LogP contribution in [0.2, 0.25) is 0 Å². The van der Waals surface area contributed by atoms with E-state index < -0.39 is 46.6 Å². The van der Waals surface area contributed by atoms with Crippen molar-refractivity contribution in [3.8, 4) is 17.1 Å². The minimum atomic E-state index is -4.80. The molecule has 4 unspecified atom stereocenters. The summed E-state index contributed by atoms with van der Waals surface area (Å²) in [5.41, 5.74) is 0.364. The van der Waals surface area contributed by atoms with Crippen molar-refractivity contribution in [2.45, 2.75) is 37.2 Å². The van der Waals surface area contributed by atoms with Gasteiger partial charge < -0.3 is 24.2 Å². The van der Waals surface area contributed by atoms with Crippen LogP contribution in [0, 0.1) is 0 Å². The summed E-state index contributed by atoms with van der Waals surface area (Å²) in [5.74, 6) is -0.263. The molecule has 2 aromatic rings. The number of nitrogens with one attached hydrogen (secondary N) is 1. The molecule has 1 fully saturated rings. The number of aromatic nitrogens is 2. The number of nitrogens with zero attached hydrogens (tertiary/aromatic N) is 2. The molecular weight excluding hydrogens is 435 g/mol. The molecule has 30 heavy (non-hydrogen) atoms. The van der Waals surface area contributed by atoms with E-state index in [1.165, 1.54) is 12.1 Å². The van der Waals surface area contributed by atoms with Gasteiger partial charge in [-0.1, -0.05) is 5.16 Å². The summed E-state index contributed by atoms with van der Waals surface area (Å²) in [6.45, 7) is -0.227. The Balaban J connectivity index is 1.62. The molecule has 14 heteroatoms. The summed E-state index contributed by atoms with van der Waals surface area (Å²) in [4.78, 5) is 4.09. The fraction of sp³-hybridized carbons (Fsp3) is 0.500. The molecule has 3 N–H and O–H groups in total. The summed E-state index contributed by atoms with van der Waals surface area (Å²) in [6, 6.07) is 4.82. The maximum atomic E-state index is 12.2. The lowest BCUT2D eigenvalue weighted by Gasteiger charge is -2.14. The average Bonchev–Trinajstić information content (AvgIpc) is 3.19. The minimum absolute atomic E-state index is 0.0496. The highest BCUT2D eigenvalue weighted by Gasteiger charge is 2.43. The molecule has 1 aliphatic rings. The van der Waals surface area contributed by atoms with Crippen molar-refractivity contribution in [3.63, 3.8) is 0 Å². The molecule has 0 amide bonds. The Morgan fingerprint density at radius 3 is 2.40 bits per heavy atom. The zero-order valence-corrected chi connectivity index (χ0v) is 16.2. The van der Waals surface area contributed by atoms with Gasteiger partial charge in [0.1, 0.15) is 24.1 Å². The van der Waals surface area contributed by atoms with Gasteiger partial charge in [0.15, 0.2) is 0 Å². The highest BCUT2D eigenvalue weighted by molar-refractivity contribution is 7.88. The van der Waals surface area contributed by atoms with Crippen molar-refractivity contribution in [1.82, 2.24) is 14.9 Å². The molecule has 0 spiro atoms. The summed E-state index contributed by atoms with van der Waals surface area (Å²) in [6.07, 6.45) is -8.47. The van der Waals surface area contributed by atoms with Gasteiger partial charge in [-0.2, -0.15) is 4.98 Å². The Hall–Kier alpha value is -2.26. The van der Waals surface area contributed by atoms with Gasteiger partial charge in [0.25, 0.3) is 0 Å². The first kappa shape index (κ1) is 22.4. The van der Waals surface area contributed by atoms with Crippen LogP contribution in [0.1, 0.15) is 5.89 Å². The van der Waals surface area contributed by atoms with E-state index in [1.54, 1.807) is 0 Å². The van der Waals surface area contributed by atoms with Gasteiger partial charge in [0.2, 0.25) is 21.7 Å². The van der Waals surface area contributed by atoms with Crippen LogP contribution in [-0.2, 0) is 21.2 Å². The predicted molar refractivity (Wildman–Crippen MR) is 93.6 cm³/mol. The lowest BCUT2D eigenvalue weighted by molar-refractivity contribution is -0.274. The lowest BCUT2D eigenvalue weighted by atomic mass is 10.1. The molecule has 3 rings (SSSR count). The van der Waals surface area contributed by atoms with Gasteiger partial charge in [-0.3, -0.25) is 0 Å². The van der Waals surface area contributed by atoms with Crippen molar-refractivity contribution >= 4 is 10.0 Å². The third-order valence-electron chi connectivity index (χ3n) is 4.20. The highest BCUT2D eigenvalue weighted by Crippen LogP contribution is 2.27. The first-order valence-corrected chi connectivity index (χ1v) is 10.5. The number of aliphatic hydroxyl groups excluding tert-OH is 2. The largest absolute Gasteiger partial charge is 0.573 e. The third-order valence-corrected chi connectivity index (χ3v) is 4.89. The molecule has 0 radical (unpaired) electrons. The van der Waals surface area contributed by atoms with Crippen molar-refractivity contribution < 1.29 is 45.8 Å². The Morgan fingerprint density at radius 1 is 1.17 bits per heavy atom. The van der Waals surface area contributed by atoms with Gasteiger partial charge in [-0.25, -0.2) is 13.1 Å². The van der Waals surface area contributed by atoms with Crippen LogP contribution in [0.5, 0.6) is 5.75 Å². The number of ether oxygens (including phenoxy) is 2. The molecule has 166 valence electrons. The molecule has 4 atom stereocenters. The minimum Gasteiger partial charge on any atom is -0.406 e. The van der Waals surface area contributed by atoms with E-state index in [0.29, 0.717) is 5.56 Å². The summed E-state index contributed by atoms with van der Waals surface area (Å²) in [7, 11) is -3.50. The van der Waals surface area contributed by atoms with Crippen LogP contribution in [0.4, 0.5) is 13.2 Å². The van der Waals surface area contributed by atoms with E-state index in [0.717, 1.165) is 18.4 Å². The molecule has 0 bridgehead atoms. The summed E-state index contributed by atoms with van der Waals surface area (Å²) < 4.78 is 75.5. The topological polar surface area (TPSA) is 144 Å². The fourth-order valence-corrected chi connectivity index (χ4v) is 3.30. The van der Waals surface area contributed by atoms with Crippen LogP contribution in [0.3, 0.4) is 0 Å². The van der Waals surface area contributed by atoms with E-state index in [2.05, 4.69) is 19.6 Å². The molecule has 1 saturated heterocycles. The van der Waals surface area contributed by atoms with Crippen LogP contribution in [0.15, 0.2) is 28.8 Å². The second-order valence-corrected chi connectivity index (χ2v) is 8.44. The molecule has 10 nitrogen and oxygen atoms in total. The fourth-order valence-electron chi connectivity index (χ4n) is 2.83. The number of aliphatic hydroxyl groups is 2. The molecule has 1 aliphatic heterocycles. The number of sulfonamides is 1. The second-order valence-electron chi connectivity index (χ2n) is 6.60. The lowest BCUT2D eigenvalue weighted by Crippen LogP contribution is -2.39. The van der Waals surface area contributed by atoms with E-state index >= 15 is 0 Å². The van der Waals surface area contributed by atoms with E-state index in [9.17, 15) is 31.8 Å². The molecule has 2 heterocycles. The molecule has 1 aromatic carbocycles. The number of halogens is 3. The van der Waals surface area contributed by atoms with Crippen molar-refractivity contribution in [2.24, 2.45) is 0 Å². The Morgan fingerprint density at radius 2 is 1.80 bits per heavy atom. The maximum Gasteiger partial charge on any atom is 0.573 e. The monoisotopic (exact) mass is 453 g/mol. The Labute approximate surface area is 168 Å². The highest BCUT2D eigenvalue weighted by atomic mass is 32.2. The van der Waals surface area contributed by atoms with Crippen molar-refractivity contribution in [1.29, 1.82) is 0 Å². The molecule has 0 saturated carbocycles.